The zero-order valence-electron chi connectivity index (χ0n) is 10.3. The molecule has 1 rings (SSSR count). The summed E-state index contributed by atoms with van der Waals surface area (Å²) in [6.45, 7) is 7.25. The van der Waals surface area contributed by atoms with Gasteiger partial charge in [0.25, 0.3) is 0 Å². The van der Waals surface area contributed by atoms with E-state index in [0.29, 0.717) is 12.3 Å². The predicted octanol–water partition coefficient (Wildman–Crippen LogP) is 1.75. The monoisotopic (exact) mass is 227 g/mol. The van der Waals surface area contributed by atoms with E-state index >= 15 is 0 Å². The number of carboxylic acids is 1. The number of aliphatic carboxylic acids is 1. The Bertz CT molecular complexity index is 280. The highest BCUT2D eigenvalue weighted by Crippen LogP contribution is 2.26. The van der Waals surface area contributed by atoms with Crippen molar-refractivity contribution in [3.63, 3.8) is 0 Å². The van der Waals surface area contributed by atoms with Crippen LogP contribution < -0.4 is 0 Å². The Labute approximate surface area is 96.6 Å². The standard InChI is InChI=1S/C12H21NO3/c1-12(2,3)11(16)13-7-6-9(8-13)4-5-10(14)15/h9H,4-8H2,1-3H3,(H,14,15). The van der Waals surface area contributed by atoms with Crippen LogP contribution in [0, 0.1) is 11.3 Å². The summed E-state index contributed by atoms with van der Waals surface area (Å²) in [5, 5.41) is 8.60. The van der Waals surface area contributed by atoms with Crippen molar-refractivity contribution >= 4 is 11.9 Å². The van der Waals surface area contributed by atoms with Gasteiger partial charge in [0, 0.05) is 24.9 Å². The lowest BCUT2D eigenvalue weighted by Crippen LogP contribution is -2.37. The fourth-order valence-electron chi connectivity index (χ4n) is 2.05. The largest absolute Gasteiger partial charge is 0.481 e. The van der Waals surface area contributed by atoms with Crippen LogP contribution in [0.5, 0.6) is 0 Å². The van der Waals surface area contributed by atoms with Crippen LogP contribution in [-0.4, -0.2) is 35.0 Å². The molecule has 4 nitrogen and oxygen atoms in total. The fourth-order valence-corrected chi connectivity index (χ4v) is 2.05. The first-order chi connectivity index (χ1) is 7.30. The molecule has 1 aliphatic rings. The zero-order chi connectivity index (χ0) is 12.3. The maximum atomic E-state index is 12.0. The maximum absolute atomic E-state index is 12.0. The van der Waals surface area contributed by atoms with E-state index in [-0.39, 0.29) is 17.7 Å². The number of hydrogen-bond acceptors (Lipinski definition) is 2. The van der Waals surface area contributed by atoms with Crippen molar-refractivity contribution in [3.8, 4) is 0 Å². The van der Waals surface area contributed by atoms with Gasteiger partial charge in [0.2, 0.25) is 5.91 Å². The molecular formula is C12H21NO3. The fraction of sp³-hybridized carbons (Fsp3) is 0.833. The van der Waals surface area contributed by atoms with Crippen molar-refractivity contribution in [1.82, 2.24) is 4.90 Å². The molecule has 4 heteroatoms. The van der Waals surface area contributed by atoms with E-state index in [1.807, 2.05) is 25.7 Å². The summed E-state index contributed by atoms with van der Waals surface area (Å²) in [6, 6.07) is 0. The summed E-state index contributed by atoms with van der Waals surface area (Å²) in [5.41, 5.74) is -0.332. The van der Waals surface area contributed by atoms with Gasteiger partial charge in [-0.05, 0) is 18.8 Å². The summed E-state index contributed by atoms with van der Waals surface area (Å²) >= 11 is 0. The minimum atomic E-state index is -0.749. The van der Waals surface area contributed by atoms with Gasteiger partial charge in [-0.2, -0.15) is 0 Å². The lowest BCUT2D eigenvalue weighted by Gasteiger charge is -2.25. The van der Waals surface area contributed by atoms with Crippen molar-refractivity contribution in [1.29, 1.82) is 0 Å². The molecule has 1 heterocycles. The Kier molecular flexibility index (Phi) is 3.94. The third kappa shape index (κ3) is 3.51. The lowest BCUT2D eigenvalue weighted by atomic mass is 9.95. The number of likely N-dealkylation sites (tertiary alicyclic amines) is 1. The van der Waals surface area contributed by atoms with Crippen LogP contribution in [0.15, 0.2) is 0 Å². The molecule has 1 amide bonds. The van der Waals surface area contributed by atoms with Gasteiger partial charge in [0.15, 0.2) is 0 Å². The molecule has 0 spiro atoms. The highest BCUT2D eigenvalue weighted by molar-refractivity contribution is 5.81. The van der Waals surface area contributed by atoms with Gasteiger partial charge in [0.1, 0.15) is 0 Å². The number of hydrogen-bond donors (Lipinski definition) is 1. The molecule has 92 valence electrons. The molecule has 0 aromatic rings. The summed E-state index contributed by atoms with van der Waals surface area (Å²) in [6.07, 6.45) is 1.83. The SMILES string of the molecule is CC(C)(C)C(=O)N1CCC(CCC(=O)O)C1. The number of rotatable bonds is 3. The van der Waals surface area contributed by atoms with Crippen molar-refractivity contribution in [2.24, 2.45) is 11.3 Å². The number of carboxylic acid groups (broad SMARTS) is 1. The Morgan fingerprint density at radius 3 is 2.50 bits per heavy atom. The Morgan fingerprint density at radius 2 is 2.00 bits per heavy atom. The number of carbonyl (C=O) groups excluding carboxylic acids is 1. The van der Waals surface area contributed by atoms with Crippen molar-refractivity contribution in [2.45, 2.75) is 40.0 Å². The number of carbonyl (C=O) groups is 2. The van der Waals surface area contributed by atoms with Gasteiger partial charge >= 0.3 is 5.97 Å². The van der Waals surface area contributed by atoms with Gasteiger partial charge < -0.3 is 10.0 Å². The van der Waals surface area contributed by atoms with E-state index < -0.39 is 5.97 Å². The molecular weight excluding hydrogens is 206 g/mol. The maximum Gasteiger partial charge on any atom is 0.303 e. The topological polar surface area (TPSA) is 57.6 Å². The second kappa shape index (κ2) is 4.85. The minimum Gasteiger partial charge on any atom is -0.481 e. The van der Waals surface area contributed by atoms with Crippen molar-refractivity contribution in [2.75, 3.05) is 13.1 Å². The average Bonchev–Trinajstić information content (AvgIpc) is 2.60. The van der Waals surface area contributed by atoms with E-state index in [4.69, 9.17) is 5.11 Å². The second-order valence-electron chi connectivity index (χ2n) is 5.59. The normalized spacial score (nSPS) is 21.2. The molecule has 0 radical (unpaired) electrons. The first-order valence-electron chi connectivity index (χ1n) is 5.82. The van der Waals surface area contributed by atoms with E-state index in [0.717, 1.165) is 19.5 Å². The van der Waals surface area contributed by atoms with E-state index in [1.165, 1.54) is 0 Å². The smallest absolute Gasteiger partial charge is 0.303 e. The second-order valence-corrected chi connectivity index (χ2v) is 5.59. The van der Waals surface area contributed by atoms with Crippen molar-refractivity contribution < 1.29 is 14.7 Å². The number of amides is 1. The average molecular weight is 227 g/mol. The Balaban J connectivity index is 2.41. The van der Waals surface area contributed by atoms with Gasteiger partial charge in [0.05, 0.1) is 0 Å². The predicted molar refractivity (Wildman–Crippen MR) is 61.0 cm³/mol. The highest BCUT2D eigenvalue weighted by atomic mass is 16.4. The third-order valence-electron chi connectivity index (χ3n) is 2.98. The molecule has 1 fully saturated rings. The van der Waals surface area contributed by atoms with Gasteiger partial charge in [-0.15, -0.1) is 0 Å². The quantitative estimate of drug-likeness (QED) is 0.799. The van der Waals surface area contributed by atoms with Crippen LogP contribution in [-0.2, 0) is 9.59 Å². The molecule has 1 aliphatic heterocycles. The molecule has 1 saturated heterocycles. The summed E-state index contributed by atoms with van der Waals surface area (Å²) < 4.78 is 0. The molecule has 1 N–H and O–H groups in total. The molecule has 0 aliphatic carbocycles. The highest BCUT2D eigenvalue weighted by Gasteiger charge is 2.32. The van der Waals surface area contributed by atoms with Gasteiger partial charge in [-0.25, -0.2) is 0 Å². The van der Waals surface area contributed by atoms with Crippen molar-refractivity contribution in [3.05, 3.63) is 0 Å². The van der Waals surface area contributed by atoms with Crippen LogP contribution in [0.4, 0.5) is 0 Å². The molecule has 0 aromatic heterocycles. The molecule has 1 atom stereocenters. The summed E-state index contributed by atoms with van der Waals surface area (Å²) in [7, 11) is 0. The third-order valence-corrected chi connectivity index (χ3v) is 2.98. The lowest BCUT2D eigenvalue weighted by molar-refractivity contribution is -0.138. The Hall–Kier alpha value is -1.06. The van der Waals surface area contributed by atoms with Gasteiger partial charge in [-0.3, -0.25) is 9.59 Å². The summed E-state index contributed by atoms with van der Waals surface area (Å²) in [5.74, 6) is -0.215. The van der Waals surface area contributed by atoms with E-state index in [2.05, 4.69) is 0 Å². The summed E-state index contributed by atoms with van der Waals surface area (Å²) in [4.78, 5) is 24.3. The number of nitrogens with zero attached hydrogens (tertiary/aromatic N) is 1. The zero-order valence-corrected chi connectivity index (χ0v) is 10.3. The van der Waals surface area contributed by atoms with Crippen LogP contribution in [0.2, 0.25) is 0 Å². The molecule has 1 unspecified atom stereocenters. The van der Waals surface area contributed by atoms with Crippen LogP contribution in [0.3, 0.4) is 0 Å². The van der Waals surface area contributed by atoms with Gasteiger partial charge in [-0.1, -0.05) is 20.8 Å². The molecule has 16 heavy (non-hydrogen) atoms. The minimum absolute atomic E-state index is 0.172. The molecule has 0 bridgehead atoms. The first-order valence-corrected chi connectivity index (χ1v) is 5.82. The van der Waals surface area contributed by atoms with Crippen LogP contribution in [0.25, 0.3) is 0 Å². The first kappa shape index (κ1) is 13.0. The van der Waals surface area contributed by atoms with Crippen LogP contribution >= 0.6 is 0 Å². The molecule has 0 aromatic carbocycles. The molecule has 0 saturated carbocycles. The Morgan fingerprint density at radius 1 is 1.38 bits per heavy atom. The van der Waals surface area contributed by atoms with Crippen LogP contribution in [0.1, 0.15) is 40.0 Å². The van der Waals surface area contributed by atoms with E-state index in [1.54, 1.807) is 0 Å². The van der Waals surface area contributed by atoms with E-state index in [9.17, 15) is 9.59 Å².